The summed E-state index contributed by atoms with van der Waals surface area (Å²) in [6.07, 6.45) is 6.35. The summed E-state index contributed by atoms with van der Waals surface area (Å²) in [6, 6.07) is 0. The second-order valence-corrected chi connectivity index (χ2v) is 8.05. The van der Waals surface area contributed by atoms with Crippen LogP contribution in [0.4, 0.5) is 0 Å². The van der Waals surface area contributed by atoms with Crippen LogP contribution in [0, 0.1) is 17.3 Å². The van der Waals surface area contributed by atoms with Crippen molar-refractivity contribution in [2.24, 2.45) is 17.3 Å². The normalized spacial score (nSPS) is 42.8. The maximum absolute atomic E-state index is 12.4. The lowest BCUT2D eigenvalue weighted by atomic mass is 9.52. The maximum Gasteiger partial charge on any atom is 0.312 e. The minimum atomic E-state index is -0.458. The molecule has 4 rings (SSSR count). The molecule has 2 atom stereocenters. The minimum absolute atomic E-state index is 0.102. The summed E-state index contributed by atoms with van der Waals surface area (Å²) < 4.78 is 6.00. The van der Waals surface area contributed by atoms with Crippen molar-refractivity contribution < 1.29 is 19.7 Å². The second kappa shape index (κ2) is 4.44. The highest BCUT2D eigenvalue weighted by Gasteiger charge is 2.61. The molecule has 0 amide bonds. The first kappa shape index (κ1) is 14.3. The predicted octanol–water partition coefficient (Wildman–Crippen LogP) is 3.55. The van der Waals surface area contributed by atoms with Crippen molar-refractivity contribution in [3.05, 3.63) is 0 Å². The van der Waals surface area contributed by atoms with Gasteiger partial charge in [0.25, 0.3) is 0 Å². The molecule has 0 aromatic carbocycles. The van der Waals surface area contributed by atoms with Crippen LogP contribution in [-0.2, 0) is 14.4 Å². The molecule has 4 aliphatic carbocycles. The van der Waals surface area contributed by atoms with E-state index in [0.29, 0.717) is 18.3 Å². The van der Waals surface area contributed by atoms with Crippen molar-refractivity contribution >= 4 is 5.97 Å². The fourth-order valence-corrected chi connectivity index (χ4v) is 4.80. The monoisotopic (exact) mass is 282 g/mol. The molecule has 0 aromatic heterocycles. The summed E-state index contributed by atoms with van der Waals surface area (Å²) in [5.41, 5.74) is -1.28. The summed E-state index contributed by atoms with van der Waals surface area (Å²) in [5.74, 6) is 0.955. The average molecular weight is 282 g/mol. The van der Waals surface area contributed by atoms with Gasteiger partial charge in [-0.2, -0.15) is 0 Å². The van der Waals surface area contributed by atoms with Gasteiger partial charge in [-0.05, 0) is 64.2 Å². The number of esters is 1. The molecule has 4 bridgehead atoms. The van der Waals surface area contributed by atoms with E-state index in [0.717, 1.165) is 32.1 Å². The van der Waals surface area contributed by atoms with Gasteiger partial charge in [-0.15, -0.1) is 0 Å². The van der Waals surface area contributed by atoms with Gasteiger partial charge in [-0.3, -0.25) is 10.1 Å². The Morgan fingerprint density at radius 3 is 2.25 bits per heavy atom. The molecule has 0 radical (unpaired) electrons. The zero-order chi connectivity index (χ0) is 14.6. The molecule has 4 aliphatic rings. The van der Waals surface area contributed by atoms with Crippen molar-refractivity contribution in [2.75, 3.05) is 0 Å². The Morgan fingerprint density at radius 2 is 1.75 bits per heavy atom. The lowest BCUT2D eigenvalue weighted by Gasteiger charge is -2.59. The van der Waals surface area contributed by atoms with E-state index in [1.807, 2.05) is 20.8 Å². The second-order valence-electron chi connectivity index (χ2n) is 8.05. The topological polar surface area (TPSA) is 55.8 Å². The molecule has 2 unspecified atom stereocenters. The van der Waals surface area contributed by atoms with Gasteiger partial charge < -0.3 is 4.74 Å². The molecule has 0 spiro atoms. The highest BCUT2D eigenvalue weighted by molar-refractivity contribution is 5.76. The van der Waals surface area contributed by atoms with Gasteiger partial charge in [0.15, 0.2) is 0 Å². The summed E-state index contributed by atoms with van der Waals surface area (Å²) in [6.45, 7) is 5.89. The lowest BCUT2D eigenvalue weighted by Crippen LogP contribution is -2.61. The summed E-state index contributed by atoms with van der Waals surface area (Å²) >= 11 is 0. The van der Waals surface area contributed by atoms with E-state index < -0.39 is 16.6 Å². The number of rotatable bonds is 4. The van der Waals surface area contributed by atoms with Crippen LogP contribution in [0.5, 0.6) is 0 Å². The van der Waals surface area contributed by atoms with Crippen LogP contribution in [0.15, 0.2) is 0 Å². The number of hydrogen-bond acceptors (Lipinski definition) is 4. The summed E-state index contributed by atoms with van der Waals surface area (Å²) in [4.78, 5) is 17.3. The Morgan fingerprint density at radius 1 is 1.20 bits per heavy atom. The van der Waals surface area contributed by atoms with Crippen molar-refractivity contribution in [1.82, 2.24) is 0 Å². The number of ether oxygens (including phenoxy) is 1. The quantitative estimate of drug-likeness (QED) is 0.487. The molecular weight excluding hydrogens is 256 g/mol. The third-order valence-corrected chi connectivity index (χ3v) is 5.89. The highest BCUT2D eigenvalue weighted by Crippen LogP contribution is 2.60. The molecular formula is C16H26O4. The third-order valence-electron chi connectivity index (χ3n) is 5.89. The molecule has 0 heterocycles. The molecule has 0 saturated heterocycles. The van der Waals surface area contributed by atoms with Gasteiger partial charge in [0.1, 0.15) is 11.2 Å². The molecule has 4 fully saturated rings. The van der Waals surface area contributed by atoms with Crippen molar-refractivity contribution in [2.45, 2.75) is 76.9 Å². The first-order chi connectivity index (χ1) is 9.32. The Labute approximate surface area is 120 Å². The molecule has 4 saturated carbocycles. The van der Waals surface area contributed by atoms with Crippen LogP contribution >= 0.6 is 0 Å². The SMILES string of the molecule is CCC(C)(C)C(=O)OC12CC3CC(CC(OO)(C3)C1)C2. The maximum atomic E-state index is 12.4. The zero-order valence-corrected chi connectivity index (χ0v) is 12.8. The Bertz CT molecular complexity index is 401. The Kier molecular flexibility index (Phi) is 3.18. The number of carbonyl (C=O) groups is 1. The van der Waals surface area contributed by atoms with Gasteiger partial charge in [0.05, 0.1) is 5.41 Å². The molecule has 20 heavy (non-hydrogen) atoms. The van der Waals surface area contributed by atoms with Crippen LogP contribution in [-0.4, -0.2) is 22.4 Å². The van der Waals surface area contributed by atoms with Gasteiger partial charge in [-0.1, -0.05) is 6.92 Å². The van der Waals surface area contributed by atoms with E-state index in [-0.39, 0.29) is 5.97 Å². The highest BCUT2D eigenvalue weighted by atomic mass is 17.1. The van der Waals surface area contributed by atoms with Crippen molar-refractivity contribution in [3.63, 3.8) is 0 Å². The van der Waals surface area contributed by atoms with Crippen LogP contribution in [0.2, 0.25) is 0 Å². The van der Waals surface area contributed by atoms with E-state index in [1.165, 1.54) is 6.42 Å². The van der Waals surface area contributed by atoms with Gasteiger partial charge in [-0.25, -0.2) is 4.89 Å². The number of hydrogen-bond donors (Lipinski definition) is 1. The van der Waals surface area contributed by atoms with E-state index in [9.17, 15) is 10.1 Å². The Balaban J connectivity index is 1.81. The molecule has 0 aliphatic heterocycles. The van der Waals surface area contributed by atoms with Crippen LogP contribution < -0.4 is 0 Å². The molecule has 114 valence electrons. The number of carbonyl (C=O) groups excluding carboxylic acids is 1. The van der Waals surface area contributed by atoms with E-state index >= 15 is 0 Å². The van der Waals surface area contributed by atoms with Crippen molar-refractivity contribution in [1.29, 1.82) is 0 Å². The zero-order valence-electron chi connectivity index (χ0n) is 12.8. The lowest BCUT2D eigenvalue weighted by molar-refractivity contribution is -0.369. The van der Waals surface area contributed by atoms with E-state index in [1.54, 1.807) is 0 Å². The fraction of sp³-hybridized carbons (Fsp3) is 0.938. The summed E-state index contributed by atoms with van der Waals surface area (Å²) in [7, 11) is 0. The first-order valence-corrected chi connectivity index (χ1v) is 7.88. The minimum Gasteiger partial charge on any atom is -0.459 e. The van der Waals surface area contributed by atoms with E-state index in [4.69, 9.17) is 9.62 Å². The Hall–Kier alpha value is -0.610. The van der Waals surface area contributed by atoms with Gasteiger partial charge in [0.2, 0.25) is 0 Å². The molecule has 4 heteroatoms. The smallest absolute Gasteiger partial charge is 0.312 e. The predicted molar refractivity (Wildman–Crippen MR) is 74.0 cm³/mol. The van der Waals surface area contributed by atoms with E-state index in [2.05, 4.69) is 0 Å². The van der Waals surface area contributed by atoms with Gasteiger partial charge >= 0.3 is 5.97 Å². The first-order valence-electron chi connectivity index (χ1n) is 7.88. The molecule has 0 aromatic rings. The fourth-order valence-electron chi connectivity index (χ4n) is 4.80. The van der Waals surface area contributed by atoms with Gasteiger partial charge in [0, 0.05) is 6.42 Å². The van der Waals surface area contributed by atoms with Crippen LogP contribution in [0.25, 0.3) is 0 Å². The third kappa shape index (κ3) is 2.17. The average Bonchev–Trinajstić information content (AvgIpc) is 2.36. The largest absolute Gasteiger partial charge is 0.459 e. The summed E-state index contributed by atoms with van der Waals surface area (Å²) in [5, 5.41) is 9.35. The standard InChI is InChI=1S/C16H26O4/c1-4-14(2,3)13(17)19-15-6-11-5-12(7-15)9-16(8-11,10-15)20-18/h11-12,18H,4-10H2,1-3H3. The molecule has 4 nitrogen and oxygen atoms in total. The van der Waals surface area contributed by atoms with Crippen LogP contribution in [0.1, 0.15) is 65.7 Å². The molecule has 1 N–H and O–H groups in total. The van der Waals surface area contributed by atoms with Crippen LogP contribution in [0.3, 0.4) is 0 Å². The van der Waals surface area contributed by atoms with Crippen molar-refractivity contribution in [3.8, 4) is 0 Å².